The van der Waals surface area contributed by atoms with E-state index >= 15 is 0 Å². The summed E-state index contributed by atoms with van der Waals surface area (Å²) in [6.45, 7) is 2.06. The summed E-state index contributed by atoms with van der Waals surface area (Å²) >= 11 is 0. The van der Waals surface area contributed by atoms with Gasteiger partial charge in [0.1, 0.15) is 13.2 Å². The molecule has 0 saturated carbocycles. The summed E-state index contributed by atoms with van der Waals surface area (Å²) in [7, 11) is -3.84. The Bertz CT molecular complexity index is 890. The van der Waals surface area contributed by atoms with E-state index < -0.39 is 16.2 Å². The van der Waals surface area contributed by atoms with E-state index in [-0.39, 0.29) is 24.9 Å². The molecule has 2 heterocycles. The molecule has 0 saturated heterocycles. The lowest BCUT2D eigenvalue weighted by molar-refractivity contribution is 0.0553. The molecule has 1 atom stereocenters. The average molecular weight is 364 g/mol. The maximum Gasteiger partial charge on any atom is 0.297 e. The molecule has 0 N–H and O–H groups in total. The molecule has 2 aromatic carbocycles. The topological polar surface area (TPSA) is 80.3 Å². The van der Waals surface area contributed by atoms with E-state index in [0.29, 0.717) is 23.0 Å². The summed E-state index contributed by atoms with van der Waals surface area (Å²) < 4.78 is 51.5. The lowest BCUT2D eigenvalue weighted by Crippen LogP contribution is -2.34. The van der Waals surface area contributed by atoms with E-state index in [1.54, 1.807) is 24.3 Å². The molecule has 0 radical (unpaired) electrons. The minimum absolute atomic E-state index is 0.110. The van der Waals surface area contributed by atoms with Crippen LogP contribution in [0.15, 0.2) is 41.3 Å². The van der Waals surface area contributed by atoms with Gasteiger partial charge in [-0.25, -0.2) is 0 Å². The molecule has 0 unspecified atom stereocenters. The number of hydrogen-bond acceptors (Lipinski definition) is 7. The molecule has 132 valence electrons. The van der Waals surface area contributed by atoms with Crippen molar-refractivity contribution in [2.24, 2.45) is 0 Å². The van der Waals surface area contributed by atoms with Crippen molar-refractivity contribution >= 4 is 10.1 Å². The fraction of sp³-hybridized carbons (Fsp3) is 0.294. The summed E-state index contributed by atoms with van der Waals surface area (Å²) in [5.74, 6) is 2.16. The number of ether oxygens (including phenoxy) is 4. The number of fused-ring (bicyclic) bond motifs is 2. The van der Waals surface area contributed by atoms with Gasteiger partial charge in [-0.2, -0.15) is 8.42 Å². The van der Waals surface area contributed by atoms with Crippen molar-refractivity contribution in [1.29, 1.82) is 0 Å². The van der Waals surface area contributed by atoms with Gasteiger partial charge in [-0.3, -0.25) is 4.18 Å². The lowest BCUT2D eigenvalue weighted by Gasteiger charge is -2.26. The van der Waals surface area contributed by atoms with Gasteiger partial charge in [0, 0.05) is 12.1 Å². The van der Waals surface area contributed by atoms with Crippen LogP contribution in [0, 0.1) is 6.92 Å². The van der Waals surface area contributed by atoms with Gasteiger partial charge in [-0.1, -0.05) is 17.7 Å². The Morgan fingerprint density at radius 2 is 1.64 bits per heavy atom. The lowest BCUT2D eigenvalue weighted by atomic mass is 10.2. The van der Waals surface area contributed by atoms with E-state index in [0.717, 1.165) is 5.56 Å². The van der Waals surface area contributed by atoms with E-state index in [1.807, 2.05) is 6.92 Å². The molecule has 8 heteroatoms. The second-order valence-electron chi connectivity index (χ2n) is 5.75. The summed E-state index contributed by atoms with van der Waals surface area (Å²) in [5, 5.41) is 0. The van der Waals surface area contributed by atoms with Gasteiger partial charge in [0.05, 0.1) is 4.90 Å². The van der Waals surface area contributed by atoms with E-state index in [9.17, 15) is 8.42 Å². The first kappa shape index (κ1) is 16.0. The van der Waals surface area contributed by atoms with Crippen LogP contribution in [-0.2, 0) is 14.3 Å². The molecule has 2 aromatic rings. The Hall–Kier alpha value is -2.45. The van der Waals surface area contributed by atoms with Crippen molar-refractivity contribution in [3.63, 3.8) is 0 Å². The zero-order valence-electron chi connectivity index (χ0n) is 13.4. The first-order valence-electron chi connectivity index (χ1n) is 7.70. The quantitative estimate of drug-likeness (QED) is 0.770. The van der Waals surface area contributed by atoms with Crippen LogP contribution in [0.25, 0.3) is 0 Å². The van der Waals surface area contributed by atoms with Crippen LogP contribution in [0.5, 0.6) is 23.0 Å². The minimum Gasteiger partial charge on any atom is -0.486 e. The van der Waals surface area contributed by atoms with Crippen LogP contribution in [-0.4, -0.2) is 34.5 Å². The average Bonchev–Trinajstić information content (AvgIpc) is 3.05. The van der Waals surface area contributed by atoms with Gasteiger partial charge in [0.15, 0.2) is 29.1 Å². The molecule has 0 amide bonds. The number of rotatable bonds is 4. The predicted octanol–water partition coefficient (Wildman–Crippen LogP) is 2.27. The third-order valence-corrected chi connectivity index (χ3v) is 5.17. The highest BCUT2D eigenvalue weighted by molar-refractivity contribution is 7.86. The van der Waals surface area contributed by atoms with Crippen LogP contribution < -0.4 is 18.9 Å². The van der Waals surface area contributed by atoms with E-state index in [4.69, 9.17) is 23.1 Å². The van der Waals surface area contributed by atoms with Gasteiger partial charge in [-0.15, -0.1) is 0 Å². The molecule has 7 nitrogen and oxygen atoms in total. The molecule has 25 heavy (non-hydrogen) atoms. The molecule has 0 fully saturated rings. The second kappa shape index (κ2) is 6.12. The standard InChI is InChI=1S/C17H16O7S/c1-11-2-4-13(5-3-11)25(18,19)23-9-12-8-20-16-6-14-15(22-10-21-14)7-17(16)24-12/h2-7,12H,8-10H2,1H3/t12-/m0/s1. The van der Waals surface area contributed by atoms with Crippen LogP contribution in [0.3, 0.4) is 0 Å². The first-order valence-corrected chi connectivity index (χ1v) is 9.11. The van der Waals surface area contributed by atoms with Gasteiger partial charge in [0.2, 0.25) is 6.79 Å². The molecule has 4 rings (SSSR count). The fourth-order valence-electron chi connectivity index (χ4n) is 2.53. The molecular weight excluding hydrogens is 348 g/mol. The molecule has 0 bridgehead atoms. The fourth-order valence-corrected chi connectivity index (χ4v) is 3.46. The SMILES string of the molecule is Cc1ccc(S(=O)(=O)OC[C@@H]2COc3cc4c(cc3O2)OCO4)cc1. The van der Waals surface area contributed by atoms with Crippen molar-refractivity contribution in [2.45, 2.75) is 17.9 Å². The van der Waals surface area contributed by atoms with Crippen molar-refractivity contribution in [1.82, 2.24) is 0 Å². The van der Waals surface area contributed by atoms with Crippen LogP contribution >= 0.6 is 0 Å². The number of hydrogen-bond donors (Lipinski definition) is 0. The van der Waals surface area contributed by atoms with E-state index in [2.05, 4.69) is 0 Å². The number of aryl methyl sites for hydroxylation is 1. The van der Waals surface area contributed by atoms with Crippen molar-refractivity contribution in [3.8, 4) is 23.0 Å². The Balaban J connectivity index is 1.43. The third kappa shape index (κ3) is 3.22. The highest BCUT2D eigenvalue weighted by Gasteiger charge is 2.27. The molecule has 2 aliphatic rings. The summed E-state index contributed by atoms with van der Waals surface area (Å²) in [5.41, 5.74) is 0.971. The Labute approximate surface area is 145 Å². The van der Waals surface area contributed by atoms with Crippen molar-refractivity contribution in [2.75, 3.05) is 20.0 Å². The third-order valence-electron chi connectivity index (χ3n) is 3.88. The Kier molecular flexibility index (Phi) is 3.93. The summed E-state index contributed by atoms with van der Waals surface area (Å²) in [6.07, 6.45) is -0.548. The normalized spacial score (nSPS) is 18.2. The van der Waals surface area contributed by atoms with Crippen LogP contribution in [0.1, 0.15) is 5.56 Å². The highest BCUT2D eigenvalue weighted by Crippen LogP contribution is 2.43. The van der Waals surface area contributed by atoms with Crippen molar-refractivity contribution < 1.29 is 31.5 Å². The maximum atomic E-state index is 12.2. The van der Waals surface area contributed by atoms with E-state index in [1.165, 1.54) is 12.1 Å². The molecule has 0 aromatic heterocycles. The molecule has 2 aliphatic heterocycles. The van der Waals surface area contributed by atoms with Crippen LogP contribution in [0.2, 0.25) is 0 Å². The smallest absolute Gasteiger partial charge is 0.297 e. The Morgan fingerprint density at radius 1 is 1.00 bits per heavy atom. The van der Waals surface area contributed by atoms with Gasteiger partial charge >= 0.3 is 0 Å². The molecular formula is C17H16O7S. The zero-order valence-corrected chi connectivity index (χ0v) is 14.2. The largest absolute Gasteiger partial charge is 0.486 e. The summed E-state index contributed by atoms with van der Waals surface area (Å²) in [4.78, 5) is 0.110. The van der Waals surface area contributed by atoms with Crippen molar-refractivity contribution in [3.05, 3.63) is 42.0 Å². The summed E-state index contributed by atoms with van der Waals surface area (Å²) in [6, 6.07) is 9.82. The molecule has 0 spiro atoms. The van der Waals surface area contributed by atoms with Crippen LogP contribution in [0.4, 0.5) is 0 Å². The second-order valence-corrected chi connectivity index (χ2v) is 7.37. The number of benzene rings is 2. The van der Waals surface area contributed by atoms with Gasteiger partial charge < -0.3 is 18.9 Å². The monoisotopic (exact) mass is 364 g/mol. The maximum absolute atomic E-state index is 12.2. The van der Waals surface area contributed by atoms with Gasteiger partial charge in [0.25, 0.3) is 10.1 Å². The molecule has 0 aliphatic carbocycles. The first-order chi connectivity index (χ1) is 12.0. The minimum atomic E-state index is -3.84. The predicted molar refractivity (Wildman–Crippen MR) is 86.8 cm³/mol. The zero-order chi connectivity index (χ0) is 17.4. The van der Waals surface area contributed by atoms with Gasteiger partial charge in [-0.05, 0) is 19.1 Å². The highest BCUT2D eigenvalue weighted by atomic mass is 32.2. The Morgan fingerprint density at radius 3 is 2.36 bits per heavy atom.